The van der Waals surface area contributed by atoms with Crippen molar-refractivity contribution in [2.75, 3.05) is 19.8 Å². The van der Waals surface area contributed by atoms with Gasteiger partial charge in [0, 0.05) is 25.6 Å². The van der Waals surface area contributed by atoms with Crippen molar-refractivity contribution in [2.45, 2.75) is 25.4 Å². The highest BCUT2D eigenvalue weighted by molar-refractivity contribution is 5.66. The van der Waals surface area contributed by atoms with Crippen molar-refractivity contribution >= 4 is 5.97 Å². The van der Waals surface area contributed by atoms with Gasteiger partial charge in [-0.15, -0.1) is 0 Å². The summed E-state index contributed by atoms with van der Waals surface area (Å²) >= 11 is 0. The maximum Gasteiger partial charge on any atom is 0.303 e. The maximum absolute atomic E-state index is 10.6. The number of nitrogens with zero attached hydrogens (tertiary/aromatic N) is 1. The van der Waals surface area contributed by atoms with E-state index in [1.807, 2.05) is 18.2 Å². The molecule has 1 fully saturated rings. The molecule has 0 saturated carbocycles. The van der Waals surface area contributed by atoms with Gasteiger partial charge in [-0.05, 0) is 12.0 Å². The van der Waals surface area contributed by atoms with E-state index in [4.69, 9.17) is 9.84 Å². The van der Waals surface area contributed by atoms with Crippen LogP contribution < -0.4 is 0 Å². The molecule has 1 atom stereocenters. The molecule has 0 spiro atoms. The number of hydrogen-bond acceptors (Lipinski definition) is 3. The van der Waals surface area contributed by atoms with Crippen LogP contribution in [0.4, 0.5) is 0 Å². The number of hydrogen-bond donors (Lipinski definition) is 1. The van der Waals surface area contributed by atoms with E-state index in [9.17, 15) is 4.79 Å². The van der Waals surface area contributed by atoms with Crippen molar-refractivity contribution in [3.05, 3.63) is 35.9 Å². The Morgan fingerprint density at radius 2 is 2.17 bits per heavy atom. The lowest BCUT2D eigenvalue weighted by molar-refractivity contribution is -0.137. The van der Waals surface area contributed by atoms with E-state index in [2.05, 4.69) is 17.0 Å². The molecule has 4 nitrogen and oxygen atoms in total. The van der Waals surface area contributed by atoms with Crippen LogP contribution in [-0.2, 0) is 16.1 Å². The molecule has 1 aromatic rings. The van der Waals surface area contributed by atoms with Gasteiger partial charge >= 0.3 is 5.97 Å². The summed E-state index contributed by atoms with van der Waals surface area (Å²) in [5.41, 5.74) is 1.26. The van der Waals surface area contributed by atoms with Gasteiger partial charge in [0.25, 0.3) is 0 Å². The summed E-state index contributed by atoms with van der Waals surface area (Å²) in [7, 11) is 0. The minimum Gasteiger partial charge on any atom is -0.481 e. The molecule has 1 aliphatic heterocycles. The first-order chi connectivity index (χ1) is 8.75. The Hall–Kier alpha value is -1.39. The van der Waals surface area contributed by atoms with Crippen molar-refractivity contribution < 1.29 is 14.6 Å². The first-order valence-corrected chi connectivity index (χ1v) is 6.33. The van der Waals surface area contributed by atoms with Gasteiger partial charge in [-0.25, -0.2) is 0 Å². The lowest BCUT2D eigenvalue weighted by Gasteiger charge is -2.35. The molecule has 1 N–H and O–H groups in total. The minimum atomic E-state index is -0.736. The summed E-state index contributed by atoms with van der Waals surface area (Å²) in [6, 6.07) is 10.5. The molecule has 1 aliphatic rings. The van der Waals surface area contributed by atoms with Crippen molar-refractivity contribution in [1.82, 2.24) is 4.90 Å². The fourth-order valence-electron chi connectivity index (χ4n) is 2.27. The summed E-state index contributed by atoms with van der Waals surface area (Å²) in [5.74, 6) is -0.736. The summed E-state index contributed by atoms with van der Waals surface area (Å²) < 4.78 is 5.45. The van der Waals surface area contributed by atoms with E-state index in [0.717, 1.165) is 19.7 Å². The SMILES string of the molecule is O=C(O)CCC1COCCN1Cc1ccccc1. The molecule has 0 amide bonds. The fourth-order valence-corrected chi connectivity index (χ4v) is 2.27. The van der Waals surface area contributed by atoms with Crippen molar-refractivity contribution in [1.29, 1.82) is 0 Å². The van der Waals surface area contributed by atoms with Gasteiger partial charge in [0.1, 0.15) is 0 Å². The predicted octanol–water partition coefficient (Wildman–Crippen LogP) is 1.75. The first-order valence-electron chi connectivity index (χ1n) is 6.33. The highest BCUT2D eigenvalue weighted by Gasteiger charge is 2.23. The van der Waals surface area contributed by atoms with Crippen LogP contribution in [0.15, 0.2) is 30.3 Å². The monoisotopic (exact) mass is 249 g/mol. The average molecular weight is 249 g/mol. The highest BCUT2D eigenvalue weighted by atomic mass is 16.5. The number of morpholine rings is 1. The molecular formula is C14H19NO3. The zero-order valence-electron chi connectivity index (χ0n) is 10.4. The van der Waals surface area contributed by atoms with E-state index in [-0.39, 0.29) is 12.5 Å². The van der Waals surface area contributed by atoms with Crippen molar-refractivity contribution in [3.63, 3.8) is 0 Å². The summed E-state index contributed by atoms with van der Waals surface area (Å²) in [4.78, 5) is 13.0. The number of carbonyl (C=O) groups is 1. The molecule has 2 rings (SSSR count). The molecular weight excluding hydrogens is 230 g/mol. The van der Waals surface area contributed by atoms with Crippen LogP contribution in [0.5, 0.6) is 0 Å². The van der Waals surface area contributed by atoms with Gasteiger partial charge in [-0.1, -0.05) is 30.3 Å². The number of rotatable bonds is 5. The van der Waals surface area contributed by atoms with Gasteiger partial charge in [0.05, 0.1) is 13.2 Å². The van der Waals surface area contributed by atoms with Crippen molar-refractivity contribution in [2.24, 2.45) is 0 Å². The molecule has 0 bridgehead atoms. The third kappa shape index (κ3) is 3.82. The molecule has 1 unspecified atom stereocenters. The van der Waals surface area contributed by atoms with Crippen LogP contribution in [-0.4, -0.2) is 41.8 Å². The second kappa shape index (κ2) is 6.52. The fraction of sp³-hybridized carbons (Fsp3) is 0.500. The zero-order valence-corrected chi connectivity index (χ0v) is 10.4. The highest BCUT2D eigenvalue weighted by Crippen LogP contribution is 2.16. The zero-order chi connectivity index (χ0) is 12.8. The molecule has 18 heavy (non-hydrogen) atoms. The van der Waals surface area contributed by atoms with Crippen LogP contribution >= 0.6 is 0 Å². The third-order valence-corrected chi connectivity index (χ3v) is 3.27. The minimum absolute atomic E-state index is 0.208. The quantitative estimate of drug-likeness (QED) is 0.863. The average Bonchev–Trinajstić information content (AvgIpc) is 2.39. The van der Waals surface area contributed by atoms with E-state index < -0.39 is 5.97 Å². The maximum atomic E-state index is 10.6. The largest absolute Gasteiger partial charge is 0.481 e. The Bertz CT molecular complexity index is 380. The van der Waals surface area contributed by atoms with E-state index in [0.29, 0.717) is 13.0 Å². The molecule has 98 valence electrons. The Balaban J connectivity index is 1.93. The molecule has 1 saturated heterocycles. The summed E-state index contributed by atoms with van der Waals surface area (Å²) in [6.07, 6.45) is 0.863. The first kappa shape index (κ1) is 13.1. The van der Waals surface area contributed by atoms with Gasteiger partial charge in [0.2, 0.25) is 0 Å². The van der Waals surface area contributed by atoms with Gasteiger partial charge in [-0.3, -0.25) is 9.69 Å². The molecule has 0 aromatic heterocycles. The Labute approximate surface area is 107 Å². The molecule has 0 aliphatic carbocycles. The van der Waals surface area contributed by atoms with E-state index in [1.165, 1.54) is 5.56 Å². The Morgan fingerprint density at radius 3 is 2.89 bits per heavy atom. The standard InChI is InChI=1S/C14H19NO3/c16-14(17)7-6-13-11-18-9-8-15(13)10-12-4-2-1-3-5-12/h1-5,13H,6-11H2,(H,16,17). The smallest absolute Gasteiger partial charge is 0.303 e. The summed E-state index contributed by atoms with van der Waals surface area (Å²) in [5, 5.41) is 8.76. The van der Waals surface area contributed by atoms with E-state index in [1.54, 1.807) is 0 Å². The lowest BCUT2D eigenvalue weighted by Crippen LogP contribution is -2.45. The Morgan fingerprint density at radius 1 is 1.39 bits per heavy atom. The van der Waals surface area contributed by atoms with Gasteiger partial charge in [-0.2, -0.15) is 0 Å². The second-order valence-electron chi connectivity index (χ2n) is 4.62. The molecule has 1 aromatic carbocycles. The summed E-state index contributed by atoms with van der Waals surface area (Å²) in [6.45, 7) is 3.12. The number of carboxylic acid groups (broad SMARTS) is 1. The van der Waals surface area contributed by atoms with E-state index >= 15 is 0 Å². The number of carboxylic acids is 1. The van der Waals surface area contributed by atoms with Crippen LogP contribution in [0.1, 0.15) is 18.4 Å². The van der Waals surface area contributed by atoms with Crippen LogP contribution in [0, 0.1) is 0 Å². The van der Waals surface area contributed by atoms with Crippen LogP contribution in [0.3, 0.4) is 0 Å². The van der Waals surface area contributed by atoms with Gasteiger partial charge < -0.3 is 9.84 Å². The lowest BCUT2D eigenvalue weighted by atomic mass is 10.1. The number of ether oxygens (including phenoxy) is 1. The number of benzene rings is 1. The van der Waals surface area contributed by atoms with Crippen LogP contribution in [0.25, 0.3) is 0 Å². The topological polar surface area (TPSA) is 49.8 Å². The van der Waals surface area contributed by atoms with Gasteiger partial charge in [0.15, 0.2) is 0 Å². The molecule has 1 heterocycles. The second-order valence-corrected chi connectivity index (χ2v) is 4.62. The van der Waals surface area contributed by atoms with Crippen LogP contribution in [0.2, 0.25) is 0 Å². The normalized spacial score (nSPS) is 20.8. The number of aliphatic carboxylic acids is 1. The Kier molecular flexibility index (Phi) is 4.73. The molecule has 0 radical (unpaired) electrons. The molecule has 4 heteroatoms. The third-order valence-electron chi connectivity index (χ3n) is 3.27. The predicted molar refractivity (Wildman–Crippen MR) is 68.3 cm³/mol. The van der Waals surface area contributed by atoms with Crippen molar-refractivity contribution in [3.8, 4) is 0 Å².